The van der Waals surface area contributed by atoms with Crippen molar-refractivity contribution in [2.24, 2.45) is 0 Å². The van der Waals surface area contributed by atoms with Crippen LogP contribution in [-0.2, 0) is 4.74 Å². The Morgan fingerprint density at radius 3 is 2.79 bits per heavy atom. The summed E-state index contributed by atoms with van der Waals surface area (Å²) < 4.78 is 18.9. The van der Waals surface area contributed by atoms with E-state index in [0.29, 0.717) is 30.5 Å². The summed E-state index contributed by atoms with van der Waals surface area (Å²) in [5, 5.41) is 12.3. The van der Waals surface area contributed by atoms with Crippen molar-refractivity contribution in [3.63, 3.8) is 0 Å². The molecule has 0 aromatic heterocycles. The van der Waals surface area contributed by atoms with Crippen LogP contribution in [0.3, 0.4) is 0 Å². The molecule has 0 bridgehead atoms. The fourth-order valence-electron chi connectivity index (χ4n) is 2.06. The second kappa shape index (κ2) is 5.98. The maximum Gasteiger partial charge on any atom is 0.253 e. The molecule has 0 atom stereocenters. The van der Waals surface area contributed by atoms with Crippen LogP contribution in [-0.4, -0.2) is 36.4 Å². The third-order valence-corrected chi connectivity index (χ3v) is 4.00. The van der Waals surface area contributed by atoms with E-state index >= 15 is 0 Å². The van der Waals surface area contributed by atoms with Gasteiger partial charge in [0, 0.05) is 17.7 Å². The number of aliphatic hydroxyl groups excluding tert-OH is 1. The smallest absolute Gasteiger partial charge is 0.253 e. The highest BCUT2D eigenvalue weighted by molar-refractivity contribution is 9.10. The summed E-state index contributed by atoms with van der Waals surface area (Å²) in [4.78, 5) is 12.2. The number of carbonyl (C=O) groups excluding carboxylic acids is 1. The third kappa shape index (κ3) is 3.32. The first-order chi connectivity index (χ1) is 9.06. The summed E-state index contributed by atoms with van der Waals surface area (Å²) in [5.41, 5.74) is -0.458. The van der Waals surface area contributed by atoms with E-state index in [1.54, 1.807) is 0 Å². The van der Waals surface area contributed by atoms with Crippen LogP contribution in [0.5, 0.6) is 0 Å². The molecule has 1 aliphatic rings. The van der Waals surface area contributed by atoms with E-state index < -0.39 is 17.3 Å². The highest BCUT2D eigenvalue weighted by atomic mass is 79.9. The lowest BCUT2D eigenvalue weighted by molar-refractivity contribution is 0.0125. The average molecular weight is 332 g/mol. The Morgan fingerprint density at radius 2 is 2.16 bits per heavy atom. The largest absolute Gasteiger partial charge is 0.394 e. The molecular formula is C13H15BrFNO3. The number of benzene rings is 1. The molecule has 1 aliphatic heterocycles. The van der Waals surface area contributed by atoms with Crippen molar-refractivity contribution in [2.45, 2.75) is 18.4 Å². The van der Waals surface area contributed by atoms with Gasteiger partial charge in [0.05, 0.1) is 17.7 Å². The highest BCUT2D eigenvalue weighted by Crippen LogP contribution is 2.23. The Bertz CT molecular complexity index is 475. The van der Waals surface area contributed by atoms with Gasteiger partial charge in [0.25, 0.3) is 5.91 Å². The summed E-state index contributed by atoms with van der Waals surface area (Å²) in [7, 11) is 0. The molecule has 1 saturated heterocycles. The third-order valence-electron chi connectivity index (χ3n) is 3.30. The van der Waals surface area contributed by atoms with Crippen molar-refractivity contribution in [2.75, 3.05) is 19.8 Å². The number of aliphatic hydroxyl groups is 1. The molecule has 0 spiro atoms. The van der Waals surface area contributed by atoms with Crippen LogP contribution in [0.1, 0.15) is 23.2 Å². The van der Waals surface area contributed by atoms with E-state index in [4.69, 9.17) is 4.74 Å². The van der Waals surface area contributed by atoms with Crippen molar-refractivity contribution >= 4 is 21.8 Å². The first-order valence-corrected chi connectivity index (χ1v) is 6.82. The van der Waals surface area contributed by atoms with E-state index in [1.165, 1.54) is 18.2 Å². The van der Waals surface area contributed by atoms with Crippen LogP contribution < -0.4 is 5.32 Å². The van der Waals surface area contributed by atoms with E-state index in [0.717, 1.165) is 0 Å². The Labute approximate surface area is 119 Å². The summed E-state index contributed by atoms with van der Waals surface area (Å²) in [5.74, 6) is -0.874. The molecule has 0 radical (unpaired) electrons. The number of amides is 1. The summed E-state index contributed by atoms with van der Waals surface area (Å²) in [6.07, 6.45) is 1.09. The number of carbonyl (C=O) groups is 1. The molecule has 4 nitrogen and oxygen atoms in total. The monoisotopic (exact) mass is 331 g/mol. The Morgan fingerprint density at radius 1 is 1.47 bits per heavy atom. The minimum atomic E-state index is -0.679. The van der Waals surface area contributed by atoms with Crippen molar-refractivity contribution in [3.8, 4) is 0 Å². The summed E-state index contributed by atoms with van der Waals surface area (Å²) in [6, 6.07) is 3.93. The van der Waals surface area contributed by atoms with Gasteiger partial charge in [0.2, 0.25) is 0 Å². The Balaban J connectivity index is 2.17. The van der Waals surface area contributed by atoms with Gasteiger partial charge >= 0.3 is 0 Å². The van der Waals surface area contributed by atoms with Gasteiger partial charge in [0.15, 0.2) is 0 Å². The molecule has 2 N–H and O–H groups in total. The minimum absolute atomic E-state index is 0.158. The van der Waals surface area contributed by atoms with Gasteiger partial charge in [-0.1, -0.05) is 0 Å². The molecule has 0 aliphatic carbocycles. The molecule has 0 unspecified atom stereocenters. The zero-order valence-electron chi connectivity index (χ0n) is 10.3. The van der Waals surface area contributed by atoms with Gasteiger partial charge in [-0.25, -0.2) is 4.39 Å². The van der Waals surface area contributed by atoms with E-state index in [9.17, 15) is 14.3 Å². The predicted octanol–water partition coefficient (Wildman–Crippen LogP) is 1.86. The fraction of sp³-hybridized carbons (Fsp3) is 0.462. The van der Waals surface area contributed by atoms with Gasteiger partial charge in [-0.2, -0.15) is 0 Å². The number of hydrogen-bond acceptors (Lipinski definition) is 3. The number of halogens is 2. The summed E-state index contributed by atoms with van der Waals surface area (Å²) in [6.45, 7) is 0.825. The number of hydrogen-bond donors (Lipinski definition) is 2. The second-order valence-electron chi connectivity index (χ2n) is 4.63. The molecule has 1 amide bonds. The van der Waals surface area contributed by atoms with Crippen LogP contribution in [0, 0.1) is 5.82 Å². The molecule has 1 aromatic carbocycles. The lowest BCUT2D eigenvalue weighted by atomic mass is 9.90. The molecule has 19 heavy (non-hydrogen) atoms. The number of ether oxygens (including phenoxy) is 1. The lowest BCUT2D eigenvalue weighted by Crippen LogP contribution is -2.54. The topological polar surface area (TPSA) is 58.6 Å². The van der Waals surface area contributed by atoms with E-state index in [1.807, 2.05) is 0 Å². The van der Waals surface area contributed by atoms with Gasteiger partial charge in [0.1, 0.15) is 5.82 Å². The number of nitrogens with one attached hydrogen (secondary N) is 1. The maximum absolute atomic E-state index is 13.2. The highest BCUT2D eigenvalue weighted by Gasteiger charge is 2.34. The van der Waals surface area contributed by atoms with E-state index in [-0.39, 0.29) is 12.2 Å². The minimum Gasteiger partial charge on any atom is -0.394 e. The molecular weight excluding hydrogens is 317 g/mol. The van der Waals surface area contributed by atoms with Crippen LogP contribution in [0.2, 0.25) is 0 Å². The first-order valence-electron chi connectivity index (χ1n) is 6.02. The van der Waals surface area contributed by atoms with Gasteiger partial charge < -0.3 is 15.2 Å². The molecule has 6 heteroatoms. The van der Waals surface area contributed by atoms with Gasteiger partial charge in [-0.3, -0.25) is 4.79 Å². The average Bonchev–Trinajstić information content (AvgIpc) is 2.42. The van der Waals surface area contributed by atoms with Gasteiger partial charge in [-0.15, -0.1) is 0 Å². The standard InChI is InChI=1S/C13H15BrFNO3/c14-11-2-1-9(15)7-10(11)12(18)16-13(8-17)3-5-19-6-4-13/h1-2,7,17H,3-6,8H2,(H,16,18). The first kappa shape index (κ1) is 14.4. The van der Waals surface area contributed by atoms with Crippen LogP contribution in [0.4, 0.5) is 4.39 Å². The van der Waals surface area contributed by atoms with Crippen molar-refractivity contribution in [3.05, 3.63) is 34.1 Å². The zero-order valence-corrected chi connectivity index (χ0v) is 11.9. The maximum atomic E-state index is 13.2. The second-order valence-corrected chi connectivity index (χ2v) is 5.48. The quantitative estimate of drug-likeness (QED) is 0.888. The van der Waals surface area contributed by atoms with Crippen LogP contribution in [0.25, 0.3) is 0 Å². The van der Waals surface area contributed by atoms with Crippen LogP contribution >= 0.6 is 15.9 Å². The normalized spacial score (nSPS) is 18.1. The van der Waals surface area contributed by atoms with Crippen molar-refractivity contribution < 1.29 is 19.0 Å². The molecule has 1 fully saturated rings. The SMILES string of the molecule is O=C(NC1(CO)CCOCC1)c1cc(F)ccc1Br. The Hall–Kier alpha value is -0.980. The summed E-state index contributed by atoms with van der Waals surface area (Å²) >= 11 is 3.22. The van der Waals surface area contributed by atoms with Crippen molar-refractivity contribution in [1.29, 1.82) is 0 Å². The van der Waals surface area contributed by atoms with Crippen LogP contribution in [0.15, 0.2) is 22.7 Å². The van der Waals surface area contributed by atoms with Gasteiger partial charge in [-0.05, 0) is 47.0 Å². The zero-order chi connectivity index (χ0) is 13.9. The molecule has 104 valence electrons. The predicted molar refractivity (Wildman–Crippen MR) is 71.4 cm³/mol. The Kier molecular flexibility index (Phi) is 4.54. The lowest BCUT2D eigenvalue weighted by Gasteiger charge is -2.36. The molecule has 0 saturated carbocycles. The number of rotatable bonds is 3. The molecule has 1 heterocycles. The molecule has 1 aromatic rings. The van der Waals surface area contributed by atoms with E-state index in [2.05, 4.69) is 21.2 Å². The fourth-order valence-corrected chi connectivity index (χ4v) is 2.49. The van der Waals surface area contributed by atoms with Crippen molar-refractivity contribution in [1.82, 2.24) is 5.32 Å². The molecule has 2 rings (SSSR count).